The fourth-order valence-corrected chi connectivity index (χ4v) is 2.37. The Bertz CT molecular complexity index is 914. The van der Waals surface area contributed by atoms with Gasteiger partial charge in [-0.1, -0.05) is 0 Å². The first-order chi connectivity index (χ1) is 10.7. The van der Waals surface area contributed by atoms with Gasteiger partial charge in [-0.3, -0.25) is 5.43 Å². The van der Waals surface area contributed by atoms with Crippen molar-refractivity contribution in [3.8, 4) is 5.75 Å². The SMILES string of the molecule is CC(=NNc1ccc(S(N)(=O)=O)cc1)c1c(O)cc(C)oc1=O. The van der Waals surface area contributed by atoms with Gasteiger partial charge >= 0.3 is 5.63 Å². The van der Waals surface area contributed by atoms with Crippen molar-refractivity contribution in [2.75, 3.05) is 5.43 Å². The number of hydrogen-bond donors (Lipinski definition) is 3. The number of primary sulfonamides is 1. The maximum Gasteiger partial charge on any atom is 0.348 e. The smallest absolute Gasteiger partial charge is 0.348 e. The molecule has 0 radical (unpaired) electrons. The van der Waals surface area contributed by atoms with Crippen molar-refractivity contribution in [3.63, 3.8) is 0 Å². The van der Waals surface area contributed by atoms with Crippen LogP contribution >= 0.6 is 0 Å². The first kappa shape index (κ1) is 16.7. The van der Waals surface area contributed by atoms with Gasteiger partial charge in [-0.15, -0.1) is 0 Å². The van der Waals surface area contributed by atoms with E-state index in [9.17, 15) is 18.3 Å². The number of aromatic hydroxyl groups is 1. The summed E-state index contributed by atoms with van der Waals surface area (Å²) in [5.41, 5.74) is 2.59. The highest BCUT2D eigenvalue weighted by molar-refractivity contribution is 7.89. The van der Waals surface area contributed by atoms with Gasteiger partial charge in [0.2, 0.25) is 10.0 Å². The summed E-state index contributed by atoms with van der Waals surface area (Å²) in [4.78, 5) is 11.7. The minimum atomic E-state index is -3.76. The molecule has 0 saturated carbocycles. The van der Waals surface area contributed by atoms with Gasteiger partial charge in [0, 0.05) is 6.07 Å². The summed E-state index contributed by atoms with van der Waals surface area (Å²) in [5.74, 6) is 0.0574. The number of rotatable bonds is 4. The lowest BCUT2D eigenvalue weighted by atomic mass is 10.2. The van der Waals surface area contributed by atoms with Gasteiger partial charge in [-0.2, -0.15) is 5.10 Å². The molecule has 2 rings (SSSR count). The number of anilines is 1. The Balaban J connectivity index is 2.25. The summed E-state index contributed by atoms with van der Waals surface area (Å²) in [6.07, 6.45) is 0. The van der Waals surface area contributed by atoms with Crippen LogP contribution in [0.4, 0.5) is 5.69 Å². The Morgan fingerprint density at radius 3 is 2.43 bits per heavy atom. The monoisotopic (exact) mass is 337 g/mol. The van der Waals surface area contributed by atoms with E-state index in [2.05, 4.69) is 10.5 Å². The molecule has 1 aromatic heterocycles. The summed E-state index contributed by atoms with van der Waals surface area (Å²) in [7, 11) is -3.76. The molecule has 8 nitrogen and oxygen atoms in total. The third kappa shape index (κ3) is 3.96. The third-order valence-corrected chi connectivity index (χ3v) is 3.88. The third-order valence-electron chi connectivity index (χ3n) is 2.95. The van der Waals surface area contributed by atoms with Crippen molar-refractivity contribution in [2.24, 2.45) is 10.2 Å². The number of sulfonamides is 1. The van der Waals surface area contributed by atoms with Crippen molar-refractivity contribution in [3.05, 3.63) is 52.1 Å². The summed E-state index contributed by atoms with van der Waals surface area (Å²) in [6, 6.07) is 6.89. The average molecular weight is 337 g/mol. The average Bonchev–Trinajstić information content (AvgIpc) is 2.43. The maximum absolute atomic E-state index is 11.8. The van der Waals surface area contributed by atoms with E-state index in [0.717, 1.165) is 0 Å². The molecule has 0 saturated heterocycles. The Morgan fingerprint density at radius 2 is 1.91 bits per heavy atom. The highest BCUT2D eigenvalue weighted by Crippen LogP contribution is 2.16. The lowest BCUT2D eigenvalue weighted by Crippen LogP contribution is -2.14. The van der Waals surface area contributed by atoms with Crippen LogP contribution in [0.2, 0.25) is 0 Å². The summed E-state index contributed by atoms with van der Waals surface area (Å²) in [6.45, 7) is 3.07. The predicted octanol–water partition coefficient (Wildman–Crippen LogP) is 1.14. The van der Waals surface area contributed by atoms with Crippen molar-refractivity contribution in [1.29, 1.82) is 0 Å². The first-order valence-electron chi connectivity index (χ1n) is 6.46. The van der Waals surface area contributed by atoms with Crippen LogP contribution in [0.5, 0.6) is 5.75 Å². The summed E-state index contributed by atoms with van der Waals surface area (Å²) >= 11 is 0. The Kier molecular flexibility index (Phi) is 4.52. The van der Waals surface area contributed by atoms with E-state index < -0.39 is 15.6 Å². The van der Waals surface area contributed by atoms with E-state index in [1.54, 1.807) is 6.92 Å². The number of hydrogen-bond acceptors (Lipinski definition) is 7. The van der Waals surface area contributed by atoms with Crippen LogP contribution in [0.3, 0.4) is 0 Å². The summed E-state index contributed by atoms with van der Waals surface area (Å²) in [5, 5.41) is 18.8. The standard InChI is InChI=1S/C14H15N3O5S/c1-8-7-12(18)13(14(19)22-8)9(2)16-17-10-3-5-11(6-4-10)23(15,20)21/h3-7,17-18H,1-2H3,(H2,15,20,21). The van der Waals surface area contributed by atoms with E-state index in [-0.39, 0.29) is 27.7 Å². The van der Waals surface area contributed by atoms with Crippen molar-refractivity contribution >= 4 is 21.4 Å². The molecule has 0 atom stereocenters. The second-order valence-electron chi connectivity index (χ2n) is 4.78. The normalized spacial score (nSPS) is 12.2. The van der Waals surface area contributed by atoms with Crippen LogP contribution < -0.4 is 16.2 Å². The molecule has 0 bridgehead atoms. The van der Waals surface area contributed by atoms with Crippen LogP contribution in [0.1, 0.15) is 18.2 Å². The molecule has 1 heterocycles. The van der Waals surface area contributed by atoms with E-state index in [1.807, 2.05) is 0 Å². The zero-order valence-corrected chi connectivity index (χ0v) is 13.2. The molecule has 0 aliphatic heterocycles. The lowest BCUT2D eigenvalue weighted by Gasteiger charge is -2.05. The molecule has 1 aromatic carbocycles. The minimum absolute atomic E-state index is 0.0272. The van der Waals surface area contributed by atoms with Crippen molar-refractivity contribution in [1.82, 2.24) is 0 Å². The number of hydrazone groups is 1. The fourth-order valence-electron chi connectivity index (χ4n) is 1.85. The maximum atomic E-state index is 11.8. The van der Waals surface area contributed by atoms with E-state index in [0.29, 0.717) is 5.69 Å². The van der Waals surface area contributed by atoms with Gasteiger partial charge in [0.1, 0.15) is 17.1 Å². The molecule has 122 valence electrons. The predicted molar refractivity (Wildman–Crippen MR) is 85.0 cm³/mol. The largest absolute Gasteiger partial charge is 0.507 e. The summed E-state index contributed by atoms with van der Waals surface area (Å²) < 4.78 is 27.2. The van der Waals surface area contributed by atoms with Gasteiger partial charge in [0.05, 0.1) is 16.3 Å². The molecule has 0 fully saturated rings. The quantitative estimate of drug-likeness (QED) is 0.565. The number of aryl methyl sites for hydroxylation is 1. The van der Waals surface area contributed by atoms with Crippen molar-refractivity contribution in [2.45, 2.75) is 18.7 Å². The van der Waals surface area contributed by atoms with Gasteiger partial charge < -0.3 is 9.52 Å². The lowest BCUT2D eigenvalue weighted by molar-refractivity contribution is 0.432. The molecule has 23 heavy (non-hydrogen) atoms. The molecule has 9 heteroatoms. The van der Waals surface area contributed by atoms with Crippen LogP contribution in [-0.2, 0) is 10.0 Å². The zero-order chi connectivity index (χ0) is 17.2. The van der Waals surface area contributed by atoms with Gasteiger partial charge in [-0.05, 0) is 38.1 Å². The van der Waals surface area contributed by atoms with Gasteiger partial charge in [0.15, 0.2) is 0 Å². The number of benzene rings is 1. The highest BCUT2D eigenvalue weighted by Gasteiger charge is 2.13. The molecular formula is C14H15N3O5S. The Hall–Kier alpha value is -2.65. The van der Waals surface area contributed by atoms with Gasteiger partial charge in [-0.25, -0.2) is 18.4 Å². The number of nitrogens with zero attached hydrogens (tertiary/aromatic N) is 1. The van der Waals surface area contributed by atoms with Gasteiger partial charge in [0.25, 0.3) is 0 Å². The molecule has 4 N–H and O–H groups in total. The highest BCUT2D eigenvalue weighted by atomic mass is 32.2. The van der Waals surface area contributed by atoms with Crippen LogP contribution in [0.25, 0.3) is 0 Å². The van der Waals surface area contributed by atoms with E-state index >= 15 is 0 Å². The molecule has 0 unspecified atom stereocenters. The first-order valence-corrected chi connectivity index (χ1v) is 8.00. The molecule has 0 spiro atoms. The second-order valence-corrected chi connectivity index (χ2v) is 6.34. The number of nitrogens with one attached hydrogen (secondary N) is 1. The Morgan fingerprint density at radius 1 is 1.30 bits per heavy atom. The molecule has 0 aliphatic rings. The number of nitrogens with two attached hydrogens (primary N) is 1. The fraction of sp³-hybridized carbons (Fsp3) is 0.143. The molecule has 2 aromatic rings. The minimum Gasteiger partial charge on any atom is -0.507 e. The van der Waals surface area contributed by atoms with Crippen LogP contribution in [0, 0.1) is 6.92 Å². The molecular weight excluding hydrogens is 322 g/mol. The van der Waals surface area contributed by atoms with Crippen LogP contribution in [0.15, 0.2) is 49.5 Å². The Labute approximate surface area is 132 Å². The zero-order valence-electron chi connectivity index (χ0n) is 12.4. The molecule has 0 amide bonds. The van der Waals surface area contributed by atoms with E-state index in [1.165, 1.54) is 37.3 Å². The second kappa shape index (κ2) is 6.23. The van der Waals surface area contributed by atoms with Crippen LogP contribution in [-0.4, -0.2) is 19.2 Å². The molecule has 0 aliphatic carbocycles. The van der Waals surface area contributed by atoms with E-state index in [4.69, 9.17) is 9.56 Å². The topological polar surface area (TPSA) is 135 Å². The van der Waals surface area contributed by atoms with Crippen molar-refractivity contribution < 1.29 is 17.9 Å².